The molecule has 0 aliphatic rings. The molecule has 0 bridgehead atoms. The van der Waals surface area contributed by atoms with Crippen molar-refractivity contribution < 1.29 is 0 Å². The molecule has 0 saturated heterocycles. The number of aryl methyl sites for hydroxylation is 1. The summed E-state index contributed by atoms with van der Waals surface area (Å²) in [6, 6.07) is 6.32. The summed E-state index contributed by atoms with van der Waals surface area (Å²) < 4.78 is 1.15. The molecule has 1 rings (SSSR count). The second kappa shape index (κ2) is 4.99. The lowest BCUT2D eigenvalue weighted by atomic mass is 10.0. The molecule has 0 atom stereocenters. The Morgan fingerprint density at radius 1 is 1.33 bits per heavy atom. The van der Waals surface area contributed by atoms with E-state index in [1.807, 2.05) is 7.05 Å². The van der Waals surface area contributed by atoms with E-state index in [-0.39, 0.29) is 5.54 Å². The van der Waals surface area contributed by atoms with Crippen LogP contribution in [0.2, 0.25) is 0 Å². The van der Waals surface area contributed by atoms with Gasteiger partial charge in [-0.2, -0.15) is 0 Å². The molecular formula is C12H19BrN2. The van der Waals surface area contributed by atoms with Gasteiger partial charge in [0.2, 0.25) is 0 Å². The first-order valence-electron chi connectivity index (χ1n) is 5.13. The van der Waals surface area contributed by atoms with Crippen LogP contribution in [0, 0.1) is 6.92 Å². The summed E-state index contributed by atoms with van der Waals surface area (Å²) in [7, 11) is 1.97. The summed E-state index contributed by atoms with van der Waals surface area (Å²) >= 11 is 3.50. The summed E-state index contributed by atoms with van der Waals surface area (Å²) in [5, 5.41) is 6.69. The summed E-state index contributed by atoms with van der Waals surface area (Å²) in [6.07, 6.45) is 0. The molecule has 84 valence electrons. The van der Waals surface area contributed by atoms with Crippen LogP contribution in [0.3, 0.4) is 0 Å². The SMILES string of the molecule is CNCC(C)(C)Nc1ccc(Br)c(C)c1. The predicted octanol–water partition coefficient (Wildman–Crippen LogP) is 3.17. The normalized spacial score (nSPS) is 11.5. The Kier molecular flexibility index (Phi) is 4.17. The van der Waals surface area contributed by atoms with E-state index in [1.54, 1.807) is 0 Å². The molecule has 1 aromatic rings. The maximum absolute atomic E-state index is 3.50. The lowest BCUT2D eigenvalue weighted by Crippen LogP contribution is -2.40. The summed E-state index contributed by atoms with van der Waals surface area (Å²) in [5.41, 5.74) is 2.48. The molecule has 0 radical (unpaired) electrons. The molecule has 1 aromatic carbocycles. The van der Waals surface area contributed by atoms with Crippen molar-refractivity contribution in [3.8, 4) is 0 Å². The molecule has 0 saturated carbocycles. The largest absolute Gasteiger partial charge is 0.379 e. The number of nitrogens with one attached hydrogen (secondary N) is 2. The van der Waals surface area contributed by atoms with E-state index >= 15 is 0 Å². The second-order valence-electron chi connectivity index (χ2n) is 4.50. The van der Waals surface area contributed by atoms with Gasteiger partial charge in [0.05, 0.1) is 0 Å². The van der Waals surface area contributed by atoms with E-state index in [2.05, 4.69) is 65.5 Å². The molecule has 0 amide bonds. The van der Waals surface area contributed by atoms with Crippen LogP contribution < -0.4 is 10.6 Å². The average Bonchev–Trinajstić information content (AvgIpc) is 2.10. The molecule has 3 heteroatoms. The Hall–Kier alpha value is -0.540. The maximum atomic E-state index is 3.50. The van der Waals surface area contributed by atoms with Gasteiger partial charge in [-0.25, -0.2) is 0 Å². The number of anilines is 1. The Morgan fingerprint density at radius 3 is 2.53 bits per heavy atom. The zero-order valence-electron chi connectivity index (χ0n) is 9.82. The molecule has 0 fully saturated rings. The Morgan fingerprint density at radius 2 is 2.00 bits per heavy atom. The fourth-order valence-corrected chi connectivity index (χ4v) is 1.85. The number of halogens is 1. The van der Waals surface area contributed by atoms with Gasteiger partial charge in [0.1, 0.15) is 0 Å². The van der Waals surface area contributed by atoms with Crippen molar-refractivity contribution in [2.24, 2.45) is 0 Å². The van der Waals surface area contributed by atoms with Gasteiger partial charge in [-0.3, -0.25) is 0 Å². The highest BCUT2D eigenvalue weighted by atomic mass is 79.9. The third-order valence-corrected chi connectivity index (χ3v) is 3.15. The molecule has 0 heterocycles. The topological polar surface area (TPSA) is 24.1 Å². The van der Waals surface area contributed by atoms with E-state index < -0.39 is 0 Å². The fourth-order valence-electron chi connectivity index (χ4n) is 1.60. The minimum atomic E-state index is 0.0645. The van der Waals surface area contributed by atoms with Gasteiger partial charge in [-0.05, 0) is 51.6 Å². The molecule has 0 aromatic heterocycles. The van der Waals surface area contributed by atoms with Gasteiger partial charge in [-0.15, -0.1) is 0 Å². The van der Waals surface area contributed by atoms with Crippen LogP contribution >= 0.6 is 15.9 Å². The van der Waals surface area contributed by atoms with Crippen LogP contribution in [-0.4, -0.2) is 19.1 Å². The van der Waals surface area contributed by atoms with Crippen LogP contribution in [-0.2, 0) is 0 Å². The average molecular weight is 271 g/mol. The van der Waals surface area contributed by atoms with E-state index in [4.69, 9.17) is 0 Å². The molecule has 2 nitrogen and oxygen atoms in total. The van der Waals surface area contributed by atoms with Gasteiger partial charge in [0.25, 0.3) is 0 Å². The van der Waals surface area contributed by atoms with Crippen molar-refractivity contribution in [2.75, 3.05) is 18.9 Å². The Balaban J connectivity index is 2.76. The van der Waals surface area contributed by atoms with E-state index in [1.165, 1.54) is 5.56 Å². The molecule has 15 heavy (non-hydrogen) atoms. The highest BCUT2D eigenvalue weighted by Crippen LogP contribution is 2.22. The van der Waals surface area contributed by atoms with E-state index in [9.17, 15) is 0 Å². The van der Waals surface area contributed by atoms with Gasteiger partial charge in [-0.1, -0.05) is 15.9 Å². The quantitative estimate of drug-likeness (QED) is 0.879. The van der Waals surface area contributed by atoms with Crippen molar-refractivity contribution in [3.63, 3.8) is 0 Å². The van der Waals surface area contributed by atoms with E-state index in [0.717, 1.165) is 16.7 Å². The lowest BCUT2D eigenvalue weighted by molar-refractivity contribution is 0.530. The van der Waals surface area contributed by atoms with Crippen LogP contribution in [0.15, 0.2) is 22.7 Å². The summed E-state index contributed by atoms with van der Waals surface area (Å²) in [5.74, 6) is 0. The first kappa shape index (κ1) is 12.5. The lowest BCUT2D eigenvalue weighted by Gasteiger charge is -2.27. The first-order chi connectivity index (χ1) is 6.94. The van der Waals surface area contributed by atoms with Crippen molar-refractivity contribution in [3.05, 3.63) is 28.2 Å². The zero-order valence-corrected chi connectivity index (χ0v) is 11.4. The van der Waals surface area contributed by atoms with Gasteiger partial charge in [0.15, 0.2) is 0 Å². The van der Waals surface area contributed by atoms with Crippen molar-refractivity contribution in [1.29, 1.82) is 0 Å². The van der Waals surface area contributed by atoms with Crippen LogP contribution in [0.5, 0.6) is 0 Å². The van der Waals surface area contributed by atoms with Crippen molar-refractivity contribution in [2.45, 2.75) is 26.3 Å². The fraction of sp³-hybridized carbons (Fsp3) is 0.500. The molecule has 0 aliphatic heterocycles. The minimum Gasteiger partial charge on any atom is -0.379 e. The molecule has 0 unspecified atom stereocenters. The number of benzene rings is 1. The van der Waals surface area contributed by atoms with Crippen LogP contribution in [0.4, 0.5) is 5.69 Å². The number of hydrogen-bond acceptors (Lipinski definition) is 2. The molecule has 0 aliphatic carbocycles. The van der Waals surface area contributed by atoms with Crippen LogP contribution in [0.1, 0.15) is 19.4 Å². The summed E-state index contributed by atoms with van der Waals surface area (Å²) in [4.78, 5) is 0. The maximum Gasteiger partial charge on any atom is 0.0441 e. The van der Waals surface area contributed by atoms with Gasteiger partial charge < -0.3 is 10.6 Å². The van der Waals surface area contributed by atoms with E-state index in [0.29, 0.717) is 0 Å². The van der Waals surface area contributed by atoms with Gasteiger partial charge in [0, 0.05) is 22.2 Å². The standard InChI is InChI=1S/C12H19BrN2/c1-9-7-10(5-6-11(9)13)15-12(2,3)8-14-4/h5-7,14-15H,8H2,1-4H3. The Bertz CT molecular complexity index is 334. The minimum absolute atomic E-state index is 0.0645. The third kappa shape index (κ3) is 3.84. The second-order valence-corrected chi connectivity index (χ2v) is 5.36. The van der Waals surface area contributed by atoms with Crippen molar-refractivity contribution in [1.82, 2.24) is 5.32 Å². The zero-order chi connectivity index (χ0) is 11.5. The Labute approximate surface area is 101 Å². The molecular weight excluding hydrogens is 252 g/mol. The highest BCUT2D eigenvalue weighted by molar-refractivity contribution is 9.10. The molecule has 2 N–H and O–H groups in total. The smallest absolute Gasteiger partial charge is 0.0441 e. The van der Waals surface area contributed by atoms with Crippen LogP contribution in [0.25, 0.3) is 0 Å². The van der Waals surface area contributed by atoms with Crippen molar-refractivity contribution >= 4 is 21.6 Å². The third-order valence-electron chi connectivity index (χ3n) is 2.26. The first-order valence-corrected chi connectivity index (χ1v) is 5.93. The number of likely N-dealkylation sites (N-methyl/N-ethyl adjacent to an activating group) is 1. The predicted molar refractivity (Wildman–Crippen MR) is 70.5 cm³/mol. The molecule has 0 spiro atoms. The number of rotatable bonds is 4. The number of hydrogen-bond donors (Lipinski definition) is 2. The monoisotopic (exact) mass is 270 g/mol. The summed E-state index contributed by atoms with van der Waals surface area (Å²) in [6.45, 7) is 7.39. The van der Waals surface area contributed by atoms with Gasteiger partial charge >= 0.3 is 0 Å². The highest BCUT2D eigenvalue weighted by Gasteiger charge is 2.15.